The minimum absolute atomic E-state index is 0.174. The molecule has 2 aliphatic heterocycles. The fourth-order valence-electron chi connectivity index (χ4n) is 2.47. The zero-order valence-electron chi connectivity index (χ0n) is 10.2. The number of nitrogens with zero attached hydrogens (tertiary/aromatic N) is 1. The zero-order chi connectivity index (χ0) is 12.3. The van der Waals surface area contributed by atoms with Gasteiger partial charge in [-0.1, -0.05) is 0 Å². The molecule has 3 atom stereocenters. The Balaban J connectivity index is 1.75. The summed E-state index contributed by atoms with van der Waals surface area (Å²) < 4.78 is 5.70. The fraction of sp³-hybridized carbons (Fsp3) is 0.909. The Morgan fingerprint density at radius 2 is 2.35 bits per heavy atom. The van der Waals surface area contributed by atoms with Crippen LogP contribution < -0.4 is 11.3 Å². The maximum atomic E-state index is 11.3. The van der Waals surface area contributed by atoms with Crippen LogP contribution in [0, 0.1) is 0 Å². The molecule has 0 aromatic rings. The number of likely N-dealkylation sites (N-methyl/N-ethyl adjacent to an activating group) is 1. The molecule has 0 aliphatic carbocycles. The summed E-state index contributed by atoms with van der Waals surface area (Å²) >= 11 is 2.01. The van der Waals surface area contributed by atoms with Gasteiger partial charge in [0.1, 0.15) is 6.10 Å². The molecule has 17 heavy (non-hydrogen) atoms. The predicted molar refractivity (Wildman–Crippen MR) is 68.6 cm³/mol. The van der Waals surface area contributed by atoms with Crippen LogP contribution in [0.25, 0.3) is 0 Å². The molecule has 98 valence electrons. The quantitative estimate of drug-likeness (QED) is 0.421. The molecule has 1 amide bonds. The maximum absolute atomic E-state index is 11.3. The van der Waals surface area contributed by atoms with Crippen LogP contribution in [-0.2, 0) is 9.53 Å². The van der Waals surface area contributed by atoms with Crippen molar-refractivity contribution in [3.05, 3.63) is 0 Å². The van der Waals surface area contributed by atoms with E-state index in [-0.39, 0.29) is 18.1 Å². The van der Waals surface area contributed by atoms with Crippen LogP contribution in [0.3, 0.4) is 0 Å². The van der Waals surface area contributed by atoms with E-state index in [1.807, 2.05) is 11.8 Å². The van der Waals surface area contributed by atoms with Crippen molar-refractivity contribution in [2.75, 3.05) is 25.1 Å². The van der Waals surface area contributed by atoms with Gasteiger partial charge in [-0.05, 0) is 32.1 Å². The molecule has 2 aliphatic rings. The number of hydrogen-bond donors (Lipinski definition) is 2. The smallest absolute Gasteiger partial charge is 0.263 e. The third-order valence-electron chi connectivity index (χ3n) is 3.56. The highest BCUT2D eigenvalue weighted by Crippen LogP contribution is 2.25. The Bertz CT molecular complexity index is 271. The Kier molecular flexibility index (Phi) is 4.67. The maximum Gasteiger partial charge on any atom is 0.263 e. The minimum Gasteiger partial charge on any atom is -0.364 e. The van der Waals surface area contributed by atoms with E-state index < -0.39 is 0 Å². The summed E-state index contributed by atoms with van der Waals surface area (Å²) in [6.45, 7) is 0.916. The molecule has 0 spiro atoms. The van der Waals surface area contributed by atoms with E-state index in [0.29, 0.717) is 6.04 Å². The average molecular weight is 259 g/mol. The van der Waals surface area contributed by atoms with Crippen LogP contribution in [0.15, 0.2) is 0 Å². The van der Waals surface area contributed by atoms with Gasteiger partial charge in [0, 0.05) is 18.3 Å². The molecule has 2 rings (SSSR count). The van der Waals surface area contributed by atoms with Gasteiger partial charge in [-0.3, -0.25) is 15.1 Å². The second kappa shape index (κ2) is 6.04. The highest BCUT2D eigenvalue weighted by Gasteiger charge is 2.32. The van der Waals surface area contributed by atoms with Crippen molar-refractivity contribution in [2.24, 2.45) is 5.84 Å². The number of hydrazine groups is 1. The fourth-order valence-corrected chi connectivity index (χ4v) is 3.76. The topological polar surface area (TPSA) is 67.6 Å². The summed E-state index contributed by atoms with van der Waals surface area (Å²) in [5.74, 6) is 7.38. The number of hydrogen-bond acceptors (Lipinski definition) is 5. The third-order valence-corrected chi connectivity index (χ3v) is 4.71. The first-order valence-corrected chi connectivity index (χ1v) is 7.30. The molecule has 0 saturated carbocycles. The number of thioether (sulfide) groups is 1. The molecule has 0 aromatic carbocycles. The third kappa shape index (κ3) is 3.34. The Hall–Kier alpha value is -0.300. The van der Waals surface area contributed by atoms with Crippen LogP contribution in [-0.4, -0.2) is 54.2 Å². The normalized spacial score (nSPS) is 33.2. The van der Waals surface area contributed by atoms with Gasteiger partial charge >= 0.3 is 0 Å². The van der Waals surface area contributed by atoms with Crippen LogP contribution in [0.5, 0.6) is 0 Å². The lowest BCUT2D eigenvalue weighted by Gasteiger charge is -2.26. The van der Waals surface area contributed by atoms with E-state index in [4.69, 9.17) is 10.6 Å². The first kappa shape index (κ1) is 13.1. The van der Waals surface area contributed by atoms with Gasteiger partial charge in [-0.15, -0.1) is 0 Å². The molecular formula is C11H21N3O2S. The second-order valence-electron chi connectivity index (χ2n) is 4.79. The summed E-state index contributed by atoms with van der Waals surface area (Å²) in [6.07, 6.45) is 2.81. The summed E-state index contributed by atoms with van der Waals surface area (Å²) in [5.41, 5.74) is 2.16. The Morgan fingerprint density at radius 3 is 3.00 bits per heavy atom. The molecule has 6 heteroatoms. The molecule has 5 nitrogen and oxygen atoms in total. The summed E-state index contributed by atoms with van der Waals surface area (Å²) in [7, 11) is 2.15. The second-order valence-corrected chi connectivity index (χ2v) is 5.94. The van der Waals surface area contributed by atoms with Gasteiger partial charge < -0.3 is 4.74 Å². The zero-order valence-corrected chi connectivity index (χ0v) is 11.0. The molecule has 3 N–H and O–H groups in total. The molecule has 2 heterocycles. The number of nitrogens with two attached hydrogens (primary N) is 1. The number of amides is 1. The van der Waals surface area contributed by atoms with Crippen LogP contribution in [0.2, 0.25) is 0 Å². The van der Waals surface area contributed by atoms with Crippen molar-refractivity contribution in [2.45, 2.75) is 37.5 Å². The van der Waals surface area contributed by atoms with Crippen molar-refractivity contribution in [3.63, 3.8) is 0 Å². The van der Waals surface area contributed by atoms with Gasteiger partial charge in [0.05, 0.1) is 6.10 Å². The molecule has 0 radical (unpaired) electrons. The summed E-state index contributed by atoms with van der Waals surface area (Å²) in [6, 6.07) is 0.672. The van der Waals surface area contributed by atoms with Crippen molar-refractivity contribution >= 4 is 17.7 Å². The minimum atomic E-state index is -0.351. The SMILES string of the molecule is CN(CC1CCC(C(=O)NN)O1)C1CCSC1. The molecule has 0 aromatic heterocycles. The molecule has 2 fully saturated rings. The van der Waals surface area contributed by atoms with E-state index in [2.05, 4.69) is 17.4 Å². The Labute approximate surface area is 106 Å². The Morgan fingerprint density at radius 1 is 1.53 bits per heavy atom. The molecular weight excluding hydrogens is 238 g/mol. The lowest BCUT2D eigenvalue weighted by molar-refractivity contribution is -0.132. The first-order chi connectivity index (χ1) is 8.20. The van der Waals surface area contributed by atoms with Gasteiger partial charge in [0.25, 0.3) is 5.91 Å². The largest absolute Gasteiger partial charge is 0.364 e. The molecule has 3 unspecified atom stereocenters. The number of carbonyl (C=O) groups is 1. The monoisotopic (exact) mass is 259 g/mol. The number of carbonyl (C=O) groups excluding carboxylic acids is 1. The van der Waals surface area contributed by atoms with Gasteiger partial charge in [-0.25, -0.2) is 5.84 Å². The lowest BCUT2D eigenvalue weighted by atomic mass is 10.1. The van der Waals surface area contributed by atoms with Crippen molar-refractivity contribution in [1.29, 1.82) is 0 Å². The van der Waals surface area contributed by atoms with Gasteiger partial charge in [0.15, 0.2) is 0 Å². The summed E-state index contributed by atoms with van der Waals surface area (Å²) in [5, 5.41) is 0. The van der Waals surface area contributed by atoms with Crippen molar-refractivity contribution < 1.29 is 9.53 Å². The lowest BCUT2D eigenvalue weighted by Crippen LogP contribution is -2.41. The van der Waals surface area contributed by atoms with E-state index in [1.54, 1.807) is 0 Å². The number of rotatable bonds is 4. The highest BCUT2D eigenvalue weighted by atomic mass is 32.2. The van der Waals surface area contributed by atoms with E-state index in [9.17, 15) is 4.79 Å². The summed E-state index contributed by atoms with van der Waals surface area (Å²) in [4.78, 5) is 13.7. The van der Waals surface area contributed by atoms with Gasteiger partial charge in [-0.2, -0.15) is 11.8 Å². The predicted octanol–water partition coefficient (Wildman–Crippen LogP) is -0.0388. The van der Waals surface area contributed by atoms with Crippen LogP contribution in [0.1, 0.15) is 19.3 Å². The van der Waals surface area contributed by atoms with E-state index in [0.717, 1.165) is 19.4 Å². The van der Waals surface area contributed by atoms with Crippen molar-refractivity contribution in [3.8, 4) is 0 Å². The van der Waals surface area contributed by atoms with E-state index >= 15 is 0 Å². The van der Waals surface area contributed by atoms with Crippen LogP contribution in [0.4, 0.5) is 0 Å². The van der Waals surface area contributed by atoms with Gasteiger partial charge in [0.2, 0.25) is 0 Å². The highest BCUT2D eigenvalue weighted by molar-refractivity contribution is 7.99. The van der Waals surface area contributed by atoms with E-state index in [1.165, 1.54) is 17.9 Å². The average Bonchev–Trinajstić information content (AvgIpc) is 2.98. The van der Waals surface area contributed by atoms with Crippen molar-refractivity contribution in [1.82, 2.24) is 10.3 Å². The number of ether oxygens (including phenoxy) is 1. The standard InChI is InChI=1S/C11H21N3O2S/c1-14(8-4-5-17-7-8)6-9-2-3-10(16-9)11(15)13-12/h8-10H,2-7,12H2,1H3,(H,13,15). The molecule has 0 bridgehead atoms. The number of nitrogens with one attached hydrogen (secondary N) is 1. The van der Waals surface area contributed by atoms with Crippen LogP contribution >= 0.6 is 11.8 Å². The first-order valence-electron chi connectivity index (χ1n) is 6.14. The molecule has 2 saturated heterocycles.